The monoisotopic (exact) mass is 170 g/mol. The highest BCUT2D eigenvalue weighted by molar-refractivity contribution is 4.98. The molecule has 12 heavy (non-hydrogen) atoms. The third kappa shape index (κ3) is 2.32. The van der Waals surface area contributed by atoms with E-state index in [-0.39, 0.29) is 12.6 Å². The van der Waals surface area contributed by atoms with Gasteiger partial charge in [-0.25, -0.2) is 4.98 Å². The first-order chi connectivity index (χ1) is 5.74. The molecule has 1 unspecified atom stereocenters. The van der Waals surface area contributed by atoms with E-state index in [2.05, 4.69) is 4.98 Å². The quantitative estimate of drug-likeness (QED) is 0.694. The van der Waals surface area contributed by atoms with Gasteiger partial charge < -0.3 is 15.3 Å². The van der Waals surface area contributed by atoms with Crippen molar-refractivity contribution in [3.63, 3.8) is 0 Å². The molecule has 1 rings (SSSR count). The molecule has 0 aliphatic heterocycles. The Balaban J connectivity index is 2.52. The van der Waals surface area contributed by atoms with Gasteiger partial charge in [0.05, 0.1) is 12.2 Å². The van der Waals surface area contributed by atoms with Crippen LogP contribution >= 0.6 is 0 Å². The molecule has 1 aromatic heterocycles. The predicted molar refractivity (Wildman–Crippen MR) is 44.5 cm³/mol. The molecule has 0 radical (unpaired) electrons. The van der Waals surface area contributed by atoms with E-state index in [0.29, 0.717) is 24.5 Å². The summed E-state index contributed by atoms with van der Waals surface area (Å²) in [6.45, 7) is 2.01. The van der Waals surface area contributed by atoms with Crippen molar-refractivity contribution in [2.24, 2.45) is 5.73 Å². The first kappa shape index (κ1) is 9.22. The van der Waals surface area contributed by atoms with Crippen LogP contribution in [0.3, 0.4) is 0 Å². The molecule has 0 bridgehead atoms. The van der Waals surface area contributed by atoms with Gasteiger partial charge >= 0.3 is 0 Å². The Hall–Kier alpha value is -0.870. The molecule has 0 saturated heterocycles. The summed E-state index contributed by atoms with van der Waals surface area (Å²) in [4.78, 5) is 4.02. The minimum atomic E-state index is -0.111. The minimum absolute atomic E-state index is 0.111. The van der Waals surface area contributed by atoms with Gasteiger partial charge in [0, 0.05) is 13.0 Å². The number of aryl methyl sites for hydroxylation is 1. The molecular formula is C8H14N2O2. The molecule has 1 aromatic rings. The molecule has 0 amide bonds. The molecular weight excluding hydrogens is 156 g/mol. The highest BCUT2D eigenvalue weighted by Crippen LogP contribution is 2.11. The Morgan fingerprint density at radius 3 is 3.00 bits per heavy atom. The lowest BCUT2D eigenvalue weighted by molar-refractivity contribution is 0.282. The number of oxazole rings is 1. The van der Waals surface area contributed by atoms with E-state index in [0.717, 1.165) is 0 Å². The van der Waals surface area contributed by atoms with Crippen LogP contribution in [0.1, 0.15) is 31.0 Å². The Kier molecular flexibility index (Phi) is 3.25. The summed E-state index contributed by atoms with van der Waals surface area (Å²) >= 11 is 0. The number of rotatable bonds is 4. The molecule has 0 saturated carbocycles. The SMILES string of the molecule is CC(N)c1cnc(CCCO)o1. The van der Waals surface area contributed by atoms with Crippen molar-refractivity contribution >= 4 is 0 Å². The molecule has 0 aliphatic carbocycles. The van der Waals surface area contributed by atoms with Crippen LogP contribution in [-0.4, -0.2) is 16.7 Å². The van der Waals surface area contributed by atoms with E-state index in [1.807, 2.05) is 6.92 Å². The number of nitrogens with two attached hydrogens (primary N) is 1. The van der Waals surface area contributed by atoms with Gasteiger partial charge in [0.25, 0.3) is 0 Å². The highest BCUT2D eigenvalue weighted by Gasteiger charge is 2.06. The fourth-order valence-corrected chi connectivity index (χ4v) is 0.881. The van der Waals surface area contributed by atoms with Crippen molar-refractivity contribution in [3.8, 4) is 0 Å². The molecule has 68 valence electrons. The lowest BCUT2D eigenvalue weighted by atomic mass is 10.3. The summed E-state index contributed by atoms with van der Waals surface area (Å²) in [5.74, 6) is 1.35. The minimum Gasteiger partial charge on any atom is -0.444 e. The summed E-state index contributed by atoms with van der Waals surface area (Å²) in [6, 6.07) is -0.111. The van der Waals surface area contributed by atoms with E-state index in [9.17, 15) is 0 Å². The summed E-state index contributed by atoms with van der Waals surface area (Å²) < 4.78 is 5.30. The average Bonchev–Trinajstić information content (AvgIpc) is 2.48. The van der Waals surface area contributed by atoms with E-state index in [1.165, 1.54) is 0 Å². The predicted octanol–water partition coefficient (Wildman–Crippen LogP) is 0.619. The maximum Gasteiger partial charge on any atom is 0.194 e. The zero-order chi connectivity index (χ0) is 8.97. The molecule has 4 nitrogen and oxygen atoms in total. The van der Waals surface area contributed by atoms with Crippen molar-refractivity contribution < 1.29 is 9.52 Å². The molecule has 1 heterocycles. The number of aliphatic hydroxyl groups excluding tert-OH is 1. The maximum atomic E-state index is 8.55. The Bertz CT molecular complexity index is 233. The molecule has 0 aliphatic rings. The number of aromatic nitrogens is 1. The van der Waals surface area contributed by atoms with Crippen molar-refractivity contribution in [1.82, 2.24) is 4.98 Å². The van der Waals surface area contributed by atoms with Crippen LogP contribution in [0, 0.1) is 0 Å². The van der Waals surface area contributed by atoms with Crippen LogP contribution in [-0.2, 0) is 6.42 Å². The molecule has 1 atom stereocenters. The molecule has 0 spiro atoms. The third-order valence-electron chi connectivity index (χ3n) is 1.57. The Labute approximate surface area is 71.4 Å². The second-order valence-corrected chi connectivity index (χ2v) is 2.77. The van der Waals surface area contributed by atoms with Crippen LogP contribution in [0.15, 0.2) is 10.6 Å². The summed E-state index contributed by atoms with van der Waals surface area (Å²) in [7, 11) is 0. The van der Waals surface area contributed by atoms with Crippen molar-refractivity contribution in [2.75, 3.05) is 6.61 Å². The van der Waals surface area contributed by atoms with Crippen LogP contribution < -0.4 is 5.73 Å². The molecule has 3 N–H and O–H groups in total. The fourth-order valence-electron chi connectivity index (χ4n) is 0.881. The number of aliphatic hydroxyl groups is 1. The summed E-state index contributed by atoms with van der Waals surface area (Å²) in [5, 5.41) is 8.55. The van der Waals surface area contributed by atoms with E-state index in [1.54, 1.807) is 6.20 Å². The number of hydrogen-bond acceptors (Lipinski definition) is 4. The number of hydrogen-bond donors (Lipinski definition) is 2. The van der Waals surface area contributed by atoms with E-state index >= 15 is 0 Å². The van der Waals surface area contributed by atoms with Gasteiger partial charge in [0.2, 0.25) is 0 Å². The lowest BCUT2D eigenvalue weighted by Crippen LogP contribution is -2.02. The van der Waals surface area contributed by atoms with Crippen LogP contribution in [0.5, 0.6) is 0 Å². The molecule has 0 fully saturated rings. The van der Waals surface area contributed by atoms with Gasteiger partial charge in [-0.05, 0) is 13.3 Å². The van der Waals surface area contributed by atoms with Gasteiger partial charge in [0.1, 0.15) is 5.76 Å². The van der Waals surface area contributed by atoms with E-state index in [4.69, 9.17) is 15.3 Å². The lowest BCUT2D eigenvalue weighted by Gasteiger charge is -1.97. The Morgan fingerprint density at radius 1 is 1.75 bits per heavy atom. The number of nitrogens with zero attached hydrogens (tertiary/aromatic N) is 1. The second-order valence-electron chi connectivity index (χ2n) is 2.77. The van der Waals surface area contributed by atoms with Crippen molar-refractivity contribution in [2.45, 2.75) is 25.8 Å². The summed E-state index contributed by atoms with van der Waals surface area (Å²) in [6.07, 6.45) is 2.99. The average molecular weight is 170 g/mol. The normalized spacial score (nSPS) is 13.2. The van der Waals surface area contributed by atoms with Crippen LogP contribution in [0.2, 0.25) is 0 Å². The Morgan fingerprint density at radius 2 is 2.50 bits per heavy atom. The zero-order valence-electron chi connectivity index (χ0n) is 7.16. The van der Waals surface area contributed by atoms with Gasteiger partial charge in [-0.1, -0.05) is 0 Å². The highest BCUT2D eigenvalue weighted by atomic mass is 16.4. The zero-order valence-corrected chi connectivity index (χ0v) is 7.16. The first-order valence-corrected chi connectivity index (χ1v) is 4.05. The van der Waals surface area contributed by atoms with Gasteiger partial charge in [0.15, 0.2) is 5.89 Å². The van der Waals surface area contributed by atoms with Gasteiger partial charge in [-0.15, -0.1) is 0 Å². The van der Waals surface area contributed by atoms with Crippen LogP contribution in [0.25, 0.3) is 0 Å². The fraction of sp³-hybridized carbons (Fsp3) is 0.625. The summed E-state index contributed by atoms with van der Waals surface area (Å²) in [5.41, 5.74) is 5.57. The van der Waals surface area contributed by atoms with Gasteiger partial charge in [-0.2, -0.15) is 0 Å². The first-order valence-electron chi connectivity index (χ1n) is 4.05. The van der Waals surface area contributed by atoms with Gasteiger partial charge in [-0.3, -0.25) is 0 Å². The molecule has 0 aromatic carbocycles. The third-order valence-corrected chi connectivity index (χ3v) is 1.57. The topological polar surface area (TPSA) is 72.3 Å². The smallest absolute Gasteiger partial charge is 0.194 e. The van der Waals surface area contributed by atoms with E-state index < -0.39 is 0 Å². The largest absolute Gasteiger partial charge is 0.444 e. The van der Waals surface area contributed by atoms with Crippen LogP contribution in [0.4, 0.5) is 0 Å². The maximum absolute atomic E-state index is 8.55. The van der Waals surface area contributed by atoms with Crippen molar-refractivity contribution in [3.05, 3.63) is 17.8 Å². The van der Waals surface area contributed by atoms with Crippen molar-refractivity contribution in [1.29, 1.82) is 0 Å². The second kappa shape index (κ2) is 4.23. The molecule has 4 heteroatoms. The standard InChI is InChI=1S/C8H14N2O2/c1-6(9)7-5-10-8(12-7)3-2-4-11/h5-6,11H,2-4,9H2,1H3.